The number of amides is 2. The van der Waals surface area contributed by atoms with Crippen LogP contribution in [0.25, 0.3) is 0 Å². The number of aromatic nitrogens is 1. The summed E-state index contributed by atoms with van der Waals surface area (Å²) in [6.07, 6.45) is -8.43. The minimum Gasteiger partial charge on any atom is -0.465 e. The molecule has 0 aliphatic rings. The van der Waals surface area contributed by atoms with E-state index in [1.807, 2.05) is 0 Å². The first-order valence-electron chi connectivity index (χ1n) is 8.82. The summed E-state index contributed by atoms with van der Waals surface area (Å²) in [7, 11) is 0. The largest absolute Gasteiger partial charge is 0.465 e. The molecule has 1 heterocycles. The second-order valence-corrected chi connectivity index (χ2v) is 6.12. The number of ether oxygens (including phenoxy) is 1. The zero-order chi connectivity index (χ0) is 23.2. The van der Waals surface area contributed by atoms with Crippen LogP contribution in [0.5, 0.6) is 0 Å². The topological polar surface area (TPSA) is 80.3 Å². The van der Waals surface area contributed by atoms with Crippen molar-refractivity contribution in [2.45, 2.75) is 25.3 Å². The molecule has 0 radical (unpaired) electrons. The summed E-state index contributed by atoms with van der Waals surface area (Å²) in [6.45, 7) is 1.03. The molecule has 2 aromatic rings. The van der Waals surface area contributed by atoms with Gasteiger partial charge in [-0.25, -0.2) is 4.79 Å². The van der Waals surface area contributed by atoms with Gasteiger partial charge in [-0.2, -0.15) is 26.3 Å². The highest BCUT2D eigenvalue weighted by Crippen LogP contribution is 2.36. The van der Waals surface area contributed by atoms with Crippen LogP contribution in [0.4, 0.5) is 31.1 Å². The van der Waals surface area contributed by atoms with Crippen molar-refractivity contribution in [3.05, 3.63) is 65.0 Å². The number of halogens is 6. The summed E-state index contributed by atoms with van der Waals surface area (Å²) in [4.78, 5) is 27.2. The van der Waals surface area contributed by atoms with Crippen LogP contribution in [0.3, 0.4) is 0 Å². The number of rotatable bonds is 6. The molecule has 1 atom stereocenters. The molecular weight excluding hydrogens is 432 g/mol. The molecule has 12 heteroatoms. The number of hydrogen-bond donors (Lipinski definition) is 2. The third-order valence-corrected chi connectivity index (χ3v) is 3.96. The van der Waals surface area contributed by atoms with Gasteiger partial charge in [-0.3, -0.25) is 9.78 Å². The highest BCUT2D eigenvalue weighted by molar-refractivity contribution is 5.81. The van der Waals surface area contributed by atoms with Crippen molar-refractivity contribution in [3.63, 3.8) is 0 Å². The zero-order valence-electron chi connectivity index (χ0n) is 16.0. The summed E-state index contributed by atoms with van der Waals surface area (Å²) in [5.74, 6) is -0.780. The highest BCUT2D eigenvalue weighted by Gasteiger charge is 2.37. The lowest BCUT2D eigenvalue weighted by Gasteiger charge is -2.23. The Hall–Kier alpha value is -3.31. The summed E-state index contributed by atoms with van der Waals surface area (Å²) < 4.78 is 83.4. The third-order valence-electron chi connectivity index (χ3n) is 3.96. The zero-order valence-corrected chi connectivity index (χ0v) is 16.0. The van der Waals surface area contributed by atoms with E-state index in [-0.39, 0.29) is 12.2 Å². The van der Waals surface area contributed by atoms with Crippen LogP contribution in [0, 0.1) is 0 Å². The minimum atomic E-state index is -4.84. The number of pyridine rings is 1. The van der Waals surface area contributed by atoms with Crippen molar-refractivity contribution in [2.24, 2.45) is 0 Å². The number of carbonyl (C=O) groups is 2. The first-order chi connectivity index (χ1) is 14.4. The average Bonchev–Trinajstić information content (AvgIpc) is 2.69. The predicted molar refractivity (Wildman–Crippen MR) is 95.7 cm³/mol. The number of urea groups is 1. The lowest BCUT2D eigenvalue weighted by atomic mass is 9.98. The van der Waals surface area contributed by atoms with E-state index in [4.69, 9.17) is 0 Å². The fourth-order valence-electron chi connectivity index (χ4n) is 2.61. The van der Waals surface area contributed by atoms with E-state index >= 15 is 0 Å². The molecular formula is C19H17F6N3O3. The van der Waals surface area contributed by atoms with Crippen molar-refractivity contribution in [3.8, 4) is 0 Å². The van der Waals surface area contributed by atoms with Gasteiger partial charge in [0.05, 0.1) is 29.5 Å². The molecule has 168 valence electrons. The summed E-state index contributed by atoms with van der Waals surface area (Å²) >= 11 is 0. The number of hydrogen-bond acceptors (Lipinski definition) is 4. The van der Waals surface area contributed by atoms with Gasteiger partial charge in [-0.05, 0) is 36.8 Å². The smallest absolute Gasteiger partial charge is 0.418 e. The maximum atomic E-state index is 13.4. The first kappa shape index (κ1) is 24.0. The molecule has 0 saturated carbocycles. The number of alkyl halides is 6. The molecule has 2 rings (SSSR count). The number of benzene rings is 1. The molecule has 0 aliphatic heterocycles. The standard InChI is InChI=1S/C19H17F6N3O3/c1-2-31-14(29)10-27-17(30)28-15(11-5-7-12(8-6-11)18(20,21)22)16-13(19(23,24)25)4-3-9-26-16/h3-9,15H,2,10H2,1H3,(H2,27,28,30). The van der Waals surface area contributed by atoms with E-state index < -0.39 is 53.8 Å². The highest BCUT2D eigenvalue weighted by atomic mass is 19.4. The van der Waals surface area contributed by atoms with Crippen LogP contribution in [0.1, 0.15) is 35.3 Å². The fraction of sp³-hybridized carbons (Fsp3) is 0.316. The molecule has 0 aliphatic carbocycles. The lowest BCUT2D eigenvalue weighted by molar-refractivity contribution is -0.142. The van der Waals surface area contributed by atoms with E-state index in [2.05, 4.69) is 20.4 Å². The number of carbonyl (C=O) groups excluding carboxylic acids is 2. The Labute approximate surface area is 172 Å². The van der Waals surface area contributed by atoms with Gasteiger partial charge in [0.25, 0.3) is 0 Å². The average molecular weight is 449 g/mol. The van der Waals surface area contributed by atoms with Crippen LogP contribution in [-0.2, 0) is 21.9 Å². The maximum absolute atomic E-state index is 13.4. The molecule has 0 fully saturated rings. The SMILES string of the molecule is CCOC(=O)CNC(=O)NC(c1ccc(C(F)(F)F)cc1)c1ncccc1C(F)(F)F. The Morgan fingerprint density at radius 2 is 1.68 bits per heavy atom. The van der Waals surface area contributed by atoms with Gasteiger partial charge in [0.15, 0.2) is 0 Å². The second-order valence-electron chi connectivity index (χ2n) is 6.12. The van der Waals surface area contributed by atoms with Gasteiger partial charge in [0, 0.05) is 6.20 Å². The van der Waals surface area contributed by atoms with Gasteiger partial charge in [0.1, 0.15) is 6.54 Å². The molecule has 1 aromatic carbocycles. The number of nitrogens with zero attached hydrogens (tertiary/aromatic N) is 1. The Balaban J connectivity index is 2.40. The maximum Gasteiger partial charge on any atom is 0.418 e. The Morgan fingerprint density at radius 3 is 2.23 bits per heavy atom. The monoisotopic (exact) mass is 449 g/mol. The van der Waals surface area contributed by atoms with Gasteiger partial charge < -0.3 is 15.4 Å². The van der Waals surface area contributed by atoms with Crippen molar-refractivity contribution >= 4 is 12.0 Å². The number of nitrogens with one attached hydrogen (secondary N) is 2. The molecule has 0 spiro atoms. The normalized spacial score (nSPS) is 12.7. The minimum absolute atomic E-state index is 0.0548. The molecule has 2 N–H and O–H groups in total. The summed E-state index contributed by atoms with van der Waals surface area (Å²) in [5.41, 5.74) is -2.89. The Kier molecular flexibility index (Phi) is 7.47. The van der Waals surface area contributed by atoms with Crippen molar-refractivity contribution in [2.75, 3.05) is 13.2 Å². The van der Waals surface area contributed by atoms with Crippen LogP contribution in [0.2, 0.25) is 0 Å². The van der Waals surface area contributed by atoms with Crippen LogP contribution in [0.15, 0.2) is 42.6 Å². The van der Waals surface area contributed by atoms with Crippen LogP contribution in [-0.4, -0.2) is 30.1 Å². The predicted octanol–water partition coefficient (Wildman–Crippen LogP) is 4.07. The van der Waals surface area contributed by atoms with Crippen LogP contribution < -0.4 is 10.6 Å². The van der Waals surface area contributed by atoms with Gasteiger partial charge in [0.2, 0.25) is 0 Å². The molecule has 1 unspecified atom stereocenters. The molecule has 31 heavy (non-hydrogen) atoms. The third kappa shape index (κ3) is 6.59. The molecule has 0 saturated heterocycles. The van der Waals surface area contributed by atoms with Crippen molar-refractivity contribution in [1.29, 1.82) is 0 Å². The van der Waals surface area contributed by atoms with Gasteiger partial charge >= 0.3 is 24.4 Å². The van der Waals surface area contributed by atoms with Crippen molar-refractivity contribution in [1.82, 2.24) is 15.6 Å². The summed E-state index contributed by atoms with van der Waals surface area (Å²) in [5, 5.41) is 4.33. The molecule has 6 nitrogen and oxygen atoms in total. The van der Waals surface area contributed by atoms with E-state index in [9.17, 15) is 35.9 Å². The molecule has 2 amide bonds. The summed E-state index contributed by atoms with van der Waals surface area (Å²) in [6, 6.07) is 2.41. The van der Waals surface area contributed by atoms with Crippen LogP contribution >= 0.6 is 0 Å². The lowest BCUT2D eigenvalue weighted by Crippen LogP contribution is -2.41. The number of esters is 1. The molecule has 0 bridgehead atoms. The van der Waals surface area contributed by atoms with E-state index in [0.717, 1.165) is 30.5 Å². The first-order valence-corrected chi connectivity index (χ1v) is 8.82. The Bertz CT molecular complexity index is 913. The van der Waals surface area contributed by atoms with Gasteiger partial charge in [-0.15, -0.1) is 0 Å². The molecule has 1 aromatic heterocycles. The fourth-order valence-corrected chi connectivity index (χ4v) is 2.61. The van der Waals surface area contributed by atoms with E-state index in [1.165, 1.54) is 0 Å². The second kappa shape index (κ2) is 9.67. The van der Waals surface area contributed by atoms with E-state index in [1.54, 1.807) is 6.92 Å². The van der Waals surface area contributed by atoms with Gasteiger partial charge in [-0.1, -0.05) is 12.1 Å². The quantitative estimate of drug-likeness (QED) is 0.515. The van der Waals surface area contributed by atoms with E-state index in [0.29, 0.717) is 12.1 Å². The van der Waals surface area contributed by atoms with Crippen molar-refractivity contribution < 1.29 is 40.7 Å². The Morgan fingerprint density at radius 1 is 1.03 bits per heavy atom.